The maximum Gasteiger partial charge on any atom is 0.416 e. The standard InChI is InChI=1S/C17H15F3N4O2/c1-25-13-7-11-12(8-14(13)26-2)23-16(24-15(11)21)22-10-5-3-9(4-6-10)17(18,19)20/h3-8H,1-2H3,(H3,21,22,23,24). The van der Waals surface area contributed by atoms with Gasteiger partial charge in [0.15, 0.2) is 11.5 Å². The van der Waals surface area contributed by atoms with Gasteiger partial charge in [0.1, 0.15) is 5.82 Å². The second kappa shape index (κ2) is 6.58. The van der Waals surface area contributed by atoms with Gasteiger partial charge in [-0.2, -0.15) is 18.2 Å². The maximum absolute atomic E-state index is 12.6. The van der Waals surface area contributed by atoms with E-state index in [9.17, 15) is 13.2 Å². The predicted molar refractivity (Wildman–Crippen MR) is 91.8 cm³/mol. The minimum Gasteiger partial charge on any atom is -0.493 e. The summed E-state index contributed by atoms with van der Waals surface area (Å²) in [5.74, 6) is 1.31. The van der Waals surface area contributed by atoms with Crippen LogP contribution in [0.15, 0.2) is 36.4 Å². The Morgan fingerprint density at radius 2 is 1.58 bits per heavy atom. The van der Waals surface area contributed by atoms with E-state index in [1.807, 2.05) is 0 Å². The van der Waals surface area contributed by atoms with E-state index in [-0.39, 0.29) is 11.8 Å². The largest absolute Gasteiger partial charge is 0.493 e. The third kappa shape index (κ3) is 3.41. The van der Waals surface area contributed by atoms with Crippen molar-refractivity contribution < 1.29 is 22.6 Å². The van der Waals surface area contributed by atoms with Gasteiger partial charge in [-0.15, -0.1) is 0 Å². The fourth-order valence-corrected chi connectivity index (χ4v) is 2.41. The van der Waals surface area contributed by atoms with E-state index in [4.69, 9.17) is 15.2 Å². The topological polar surface area (TPSA) is 82.3 Å². The molecule has 0 aliphatic heterocycles. The van der Waals surface area contributed by atoms with E-state index in [0.717, 1.165) is 12.1 Å². The first-order valence-corrected chi connectivity index (χ1v) is 7.45. The zero-order valence-corrected chi connectivity index (χ0v) is 13.9. The Morgan fingerprint density at radius 3 is 2.15 bits per heavy atom. The fraction of sp³-hybridized carbons (Fsp3) is 0.176. The van der Waals surface area contributed by atoms with Crippen molar-refractivity contribution in [3.8, 4) is 11.5 Å². The summed E-state index contributed by atoms with van der Waals surface area (Å²) < 4.78 is 48.3. The molecule has 0 spiro atoms. The van der Waals surface area contributed by atoms with Crippen molar-refractivity contribution in [3.05, 3.63) is 42.0 Å². The third-order valence-corrected chi connectivity index (χ3v) is 3.70. The molecular weight excluding hydrogens is 349 g/mol. The number of ether oxygens (including phenoxy) is 2. The second-order valence-corrected chi connectivity index (χ2v) is 5.36. The van der Waals surface area contributed by atoms with Gasteiger partial charge in [-0.05, 0) is 30.3 Å². The Morgan fingerprint density at radius 1 is 0.962 bits per heavy atom. The summed E-state index contributed by atoms with van der Waals surface area (Å²) in [5, 5.41) is 3.41. The Bertz CT molecular complexity index is 943. The molecule has 3 N–H and O–H groups in total. The molecule has 3 aromatic rings. The number of hydrogen-bond acceptors (Lipinski definition) is 6. The quantitative estimate of drug-likeness (QED) is 0.728. The molecule has 136 valence electrons. The summed E-state index contributed by atoms with van der Waals surface area (Å²) in [7, 11) is 3.00. The van der Waals surface area contributed by atoms with E-state index < -0.39 is 11.7 Å². The number of alkyl halides is 3. The van der Waals surface area contributed by atoms with Gasteiger partial charge in [-0.1, -0.05) is 0 Å². The van der Waals surface area contributed by atoms with Crippen LogP contribution in [0.25, 0.3) is 10.9 Å². The smallest absolute Gasteiger partial charge is 0.416 e. The van der Waals surface area contributed by atoms with Crippen LogP contribution < -0.4 is 20.5 Å². The highest BCUT2D eigenvalue weighted by atomic mass is 19.4. The van der Waals surface area contributed by atoms with Gasteiger partial charge >= 0.3 is 6.18 Å². The highest BCUT2D eigenvalue weighted by Crippen LogP contribution is 2.34. The van der Waals surface area contributed by atoms with Gasteiger partial charge in [0, 0.05) is 17.1 Å². The number of nitrogens with two attached hydrogens (primary N) is 1. The second-order valence-electron chi connectivity index (χ2n) is 5.36. The van der Waals surface area contributed by atoms with Crippen molar-refractivity contribution in [3.63, 3.8) is 0 Å². The molecule has 2 aromatic carbocycles. The normalized spacial score (nSPS) is 11.4. The van der Waals surface area contributed by atoms with Crippen LogP contribution in [0.3, 0.4) is 0 Å². The number of methoxy groups -OCH3 is 2. The van der Waals surface area contributed by atoms with Crippen LogP contribution >= 0.6 is 0 Å². The van der Waals surface area contributed by atoms with Crippen LogP contribution in [0.1, 0.15) is 5.56 Å². The molecule has 3 rings (SSSR count). The molecule has 0 fully saturated rings. The molecule has 0 aliphatic carbocycles. The lowest BCUT2D eigenvalue weighted by molar-refractivity contribution is -0.137. The number of benzene rings is 2. The van der Waals surface area contributed by atoms with Crippen LogP contribution in [0.4, 0.5) is 30.6 Å². The monoisotopic (exact) mass is 364 g/mol. The third-order valence-electron chi connectivity index (χ3n) is 3.70. The summed E-state index contributed by atoms with van der Waals surface area (Å²) in [6.07, 6.45) is -4.39. The molecule has 1 heterocycles. The molecule has 0 amide bonds. The number of nitrogens with zero attached hydrogens (tertiary/aromatic N) is 2. The fourth-order valence-electron chi connectivity index (χ4n) is 2.41. The van der Waals surface area contributed by atoms with Gasteiger partial charge in [0.05, 0.1) is 25.3 Å². The van der Waals surface area contributed by atoms with Crippen molar-refractivity contribution in [1.82, 2.24) is 9.97 Å². The minimum absolute atomic E-state index is 0.155. The molecule has 6 nitrogen and oxygen atoms in total. The van der Waals surface area contributed by atoms with Gasteiger partial charge < -0.3 is 20.5 Å². The summed E-state index contributed by atoms with van der Waals surface area (Å²) in [6.45, 7) is 0. The molecule has 9 heteroatoms. The van der Waals surface area contributed by atoms with Crippen molar-refractivity contribution in [1.29, 1.82) is 0 Å². The maximum atomic E-state index is 12.6. The number of nitrogens with one attached hydrogen (secondary N) is 1. The van der Waals surface area contributed by atoms with Gasteiger partial charge in [0.25, 0.3) is 0 Å². The van der Waals surface area contributed by atoms with Gasteiger partial charge in [-0.25, -0.2) is 4.98 Å². The zero-order valence-electron chi connectivity index (χ0n) is 13.9. The Hall–Kier alpha value is -3.23. The Labute approximate surface area is 146 Å². The first-order chi connectivity index (χ1) is 12.3. The van der Waals surface area contributed by atoms with E-state index in [1.54, 1.807) is 12.1 Å². The van der Waals surface area contributed by atoms with E-state index in [1.165, 1.54) is 26.4 Å². The number of halogens is 3. The molecule has 0 radical (unpaired) electrons. The SMILES string of the molecule is COc1cc2nc(Nc3ccc(C(F)(F)F)cc3)nc(N)c2cc1OC. The number of fused-ring (bicyclic) bond motifs is 1. The summed E-state index contributed by atoms with van der Waals surface area (Å²) in [5.41, 5.74) is 6.14. The van der Waals surface area contributed by atoms with Crippen LogP contribution in [0.2, 0.25) is 0 Å². The van der Waals surface area contributed by atoms with Crippen molar-refractivity contribution in [2.45, 2.75) is 6.18 Å². The Balaban J connectivity index is 1.95. The number of hydrogen-bond donors (Lipinski definition) is 2. The summed E-state index contributed by atoms with van der Waals surface area (Å²) >= 11 is 0. The lowest BCUT2D eigenvalue weighted by Crippen LogP contribution is -2.05. The minimum atomic E-state index is -4.39. The molecule has 0 bridgehead atoms. The highest BCUT2D eigenvalue weighted by Gasteiger charge is 2.29. The molecule has 0 saturated heterocycles. The first-order valence-electron chi connectivity index (χ1n) is 7.45. The molecule has 0 atom stereocenters. The van der Waals surface area contributed by atoms with Crippen LogP contribution in [-0.4, -0.2) is 24.2 Å². The van der Waals surface area contributed by atoms with Gasteiger partial charge in [0.2, 0.25) is 5.95 Å². The van der Waals surface area contributed by atoms with Crippen LogP contribution in [0.5, 0.6) is 11.5 Å². The Kier molecular flexibility index (Phi) is 4.45. The molecule has 26 heavy (non-hydrogen) atoms. The lowest BCUT2D eigenvalue weighted by atomic mass is 10.2. The molecule has 0 aliphatic rings. The average molecular weight is 364 g/mol. The number of nitrogen functional groups attached to an aromatic ring is 1. The van der Waals surface area contributed by atoms with Crippen molar-refractivity contribution >= 4 is 28.4 Å². The van der Waals surface area contributed by atoms with Crippen molar-refractivity contribution in [2.24, 2.45) is 0 Å². The van der Waals surface area contributed by atoms with Crippen molar-refractivity contribution in [2.75, 3.05) is 25.3 Å². The zero-order chi connectivity index (χ0) is 18.9. The van der Waals surface area contributed by atoms with E-state index in [0.29, 0.717) is 28.1 Å². The molecule has 0 unspecified atom stereocenters. The number of rotatable bonds is 4. The highest BCUT2D eigenvalue weighted by molar-refractivity contribution is 5.92. The average Bonchev–Trinajstić information content (AvgIpc) is 2.60. The van der Waals surface area contributed by atoms with Crippen LogP contribution in [0, 0.1) is 0 Å². The molecule has 0 saturated carbocycles. The van der Waals surface area contributed by atoms with Gasteiger partial charge in [-0.3, -0.25) is 0 Å². The summed E-state index contributed by atoms with van der Waals surface area (Å²) in [6, 6.07) is 7.83. The van der Waals surface area contributed by atoms with Crippen LogP contribution in [-0.2, 0) is 6.18 Å². The number of aromatic nitrogens is 2. The first kappa shape index (κ1) is 17.6. The molecular formula is C17H15F3N4O2. The molecule has 1 aromatic heterocycles. The predicted octanol–water partition coefficient (Wildman–Crippen LogP) is 3.99. The van der Waals surface area contributed by atoms with E-state index in [2.05, 4.69) is 15.3 Å². The number of anilines is 3. The lowest BCUT2D eigenvalue weighted by Gasteiger charge is -2.12. The van der Waals surface area contributed by atoms with E-state index >= 15 is 0 Å². The summed E-state index contributed by atoms with van der Waals surface area (Å²) in [4.78, 5) is 8.46.